The van der Waals surface area contributed by atoms with E-state index in [0.717, 1.165) is 24.5 Å². The average Bonchev–Trinajstić information content (AvgIpc) is 2.78. The van der Waals surface area contributed by atoms with E-state index in [4.69, 9.17) is 8.85 Å². The molecule has 0 aliphatic heterocycles. The highest BCUT2D eigenvalue weighted by molar-refractivity contribution is 6.80. The molecule has 2 nitrogen and oxygen atoms in total. The highest BCUT2D eigenvalue weighted by atomic mass is 28.4. The van der Waals surface area contributed by atoms with E-state index in [9.17, 15) is 0 Å². The smallest absolute Gasteiger partial charge is 0.298 e. The molecule has 0 aliphatic carbocycles. The van der Waals surface area contributed by atoms with Crippen LogP contribution >= 0.6 is 0 Å². The summed E-state index contributed by atoms with van der Waals surface area (Å²) >= 11 is 0. The van der Waals surface area contributed by atoms with Crippen LogP contribution in [-0.4, -0.2) is 17.4 Å². The second-order valence-electron chi connectivity index (χ2n) is 12.5. The third-order valence-corrected chi connectivity index (χ3v) is 9.35. The lowest BCUT2D eigenvalue weighted by atomic mass is 9.83. The van der Waals surface area contributed by atoms with Gasteiger partial charge < -0.3 is 8.85 Å². The highest BCUT2D eigenvalue weighted by Crippen LogP contribution is 2.27. The molecule has 0 aliphatic rings. The van der Waals surface area contributed by atoms with Gasteiger partial charge in [0.2, 0.25) is 8.32 Å². The summed E-state index contributed by atoms with van der Waals surface area (Å²) in [4.78, 5) is 0. The summed E-state index contributed by atoms with van der Waals surface area (Å²) in [5, 5.41) is 2.56. The van der Waals surface area contributed by atoms with Crippen LogP contribution in [0.3, 0.4) is 0 Å². The zero-order valence-corrected chi connectivity index (χ0v) is 26.3. The van der Waals surface area contributed by atoms with Gasteiger partial charge in [-0.15, -0.1) is 0 Å². The van der Waals surface area contributed by atoms with Gasteiger partial charge >= 0.3 is 0 Å². The van der Waals surface area contributed by atoms with Crippen molar-refractivity contribution in [3.63, 3.8) is 0 Å². The van der Waals surface area contributed by atoms with E-state index < -0.39 is 17.4 Å². The Morgan fingerprint density at radius 2 is 1.47 bits per heavy atom. The quantitative estimate of drug-likeness (QED) is 0.141. The van der Waals surface area contributed by atoms with Gasteiger partial charge in [0.05, 0.1) is 0 Å². The van der Waals surface area contributed by atoms with Gasteiger partial charge in [-0.25, -0.2) is 0 Å². The third-order valence-electron chi connectivity index (χ3n) is 6.09. The lowest BCUT2D eigenvalue weighted by molar-refractivity contribution is 0.293. The molecule has 2 aromatic carbocycles. The summed E-state index contributed by atoms with van der Waals surface area (Å²) in [6.07, 6.45) is 11.3. The summed E-state index contributed by atoms with van der Waals surface area (Å²) in [6, 6.07) is 21.3. The SMILES string of the molecule is CC(=CCCC(=CO[SiH](c1ccccc1)c1ccccc1)O[Si](C)(C)C)CCCC(C)CC(C)(C)C. The molecule has 0 aromatic heterocycles. The van der Waals surface area contributed by atoms with Crippen LogP contribution in [0.2, 0.25) is 19.6 Å². The maximum absolute atomic E-state index is 6.56. The molecule has 0 spiro atoms. The maximum atomic E-state index is 6.56. The molecule has 4 heteroatoms. The Balaban J connectivity index is 2.02. The summed E-state index contributed by atoms with van der Waals surface area (Å²) in [7, 11) is -3.56. The molecule has 0 N–H and O–H groups in total. The van der Waals surface area contributed by atoms with Crippen molar-refractivity contribution in [2.24, 2.45) is 11.3 Å². The van der Waals surface area contributed by atoms with Crippen LogP contribution < -0.4 is 10.4 Å². The average molecular weight is 523 g/mol. The zero-order chi connectivity index (χ0) is 26.6. The van der Waals surface area contributed by atoms with Gasteiger partial charge in [0, 0.05) is 6.42 Å². The van der Waals surface area contributed by atoms with Gasteiger partial charge in [-0.05, 0) is 74.0 Å². The predicted molar refractivity (Wildman–Crippen MR) is 163 cm³/mol. The third kappa shape index (κ3) is 12.8. The molecule has 0 saturated heterocycles. The zero-order valence-electron chi connectivity index (χ0n) is 24.1. The van der Waals surface area contributed by atoms with Crippen molar-refractivity contribution in [2.75, 3.05) is 0 Å². The van der Waals surface area contributed by atoms with Gasteiger partial charge in [0.1, 0.15) is 12.0 Å². The Kier molecular flexibility index (Phi) is 12.3. The Morgan fingerprint density at radius 3 is 1.97 bits per heavy atom. The van der Waals surface area contributed by atoms with E-state index in [1.165, 1.54) is 41.6 Å². The lowest BCUT2D eigenvalue weighted by Gasteiger charge is -2.23. The monoisotopic (exact) mass is 522 g/mol. The molecule has 0 amide bonds. The molecule has 2 rings (SSSR count). The van der Waals surface area contributed by atoms with E-state index in [1.54, 1.807) is 0 Å². The van der Waals surface area contributed by atoms with Crippen LogP contribution in [-0.2, 0) is 8.85 Å². The van der Waals surface area contributed by atoms with Gasteiger partial charge in [-0.2, -0.15) is 0 Å². The molecule has 2 aromatic rings. The fourth-order valence-electron chi connectivity index (χ4n) is 4.72. The predicted octanol–water partition coefficient (Wildman–Crippen LogP) is 8.20. The van der Waals surface area contributed by atoms with Crippen LogP contribution in [0.1, 0.15) is 73.1 Å². The number of hydrogen-bond acceptors (Lipinski definition) is 2. The Hall–Kier alpha value is -2.05. The molecular weight excluding hydrogens is 473 g/mol. The van der Waals surface area contributed by atoms with Crippen LogP contribution in [0.5, 0.6) is 0 Å². The van der Waals surface area contributed by atoms with Crippen molar-refractivity contribution in [3.8, 4) is 0 Å². The topological polar surface area (TPSA) is 18.5 Å². The van der Waals surface area contributed by atoms with Crippen molar-refractivity contribution in [1.29, 1.82) is 0 Å². The van der Waals surface area contributed by atoms with Crippen LogP contribution in [0.25, 0.3) is 0 Å². The normalized spacial score (nSPS) is 14.1. The molecule has 198 valence electrons. The minimum atomic E-state index is -1.83. The minimum absolute atomic E-state index is 0.425. The Labute approximate surface area is 224 Å². The van der Waals surface area contributed by atoms with Crippen molar-refractivity contribution in [1.82, 2.24) is 0 Å². The van der Waals surface area contributed by atoms with Crippen molar-refractivity contribution in [3.05, 3.63) is 84.3 Å². The first-order chi connectivity index (χ1) is 16.9. The summed E-state index contributed by atoms with van der Waals surface area (Å²) in [6.45, 7) is 18.4. The molecule has 0 heterocycles. The van der Waals surface area contributed by atoms with Gasteiger partial charge in [0.25, 0.3) is 9.04 Å². The number of rotatable bonds is 14. The molecule has 1 unspecified atom stereocenters. The second kappa shape index (κ2) is 14.6. The first-order valence-corrected chi connectivity index (χ1v) is 18.8. The van der Waals surface area contributed by atoms with Gasteiger partial charge in [-0.3, -0.25) is 0 Å². The summed E-state index contributed by atoms with van der Waals surface area (Å²) < 4.78 is 13.0. The molecule has 0 saturated carbocycles. The Morgan fingerprint density at radius 1 is 0.917 bits per heavy atom. The second-order valence-corrected chi connectivity index (χ2v) is 19.3. The van der Waals surface area contributed by atoms with Gasteiger partial charge in [-0.1, -0.05) is 106 Å². The summed E-state index contributed by atoms with van der Waals surface area (Å²) in [5.74, 6) is 1.78. The van der Waals surface area contributed by atoms with Crippen LogP contribution in [0, 0.1) is 11.3 Å². The molecule has 36 heavy (non-hydrogen) atoms. The van der Waals surface area contributed by atoms with Crippen LogP contribution in [0.15, 0.2) is 84.3 Å². The largest absolute Gasteiger partial charge is 0.545 e. The van der Waals surface area contributed by atoms with E-state index in [1.807, 2.05) is 6.26 Å². The first-order valence-electron chi connectivity index (χ1n) is 13.7. The van der Waals surface area contributed by atoms with Crippen molar-refractivity contribution >= 4 is 27.7 Å². The fourth-order valence-corrected chi connectivity index (χ4v) is 7.78. The maximum Gasteiger partial charge on any atom is 0.298 e. The fraction of sp³-hybridized carbons (Fsp3) is 0.500. The van der Waals surface area contributed by atoms with E-state index in [2.05, 4.69) is 121 Å². The molecule has 0 bridgehead atoms. The number of allylic oxidation sites excluding steroid dienone is 3. The molecular formula is C32H50O2Si2. The van der Waals surface area contributed by atoms with E-state index in [-0.39, 0.29) is 0 Å². The first kappa shape index (κ1) is 30.2. The summed E-state index contributed by atoms with van der Waals surface area (Å²) in [5.41, 5.74) is 1.92. The van der Waals surface area contributed by atoms with Crippen molar-refractivity contribution < 1.29 is 8.85 Å². The van der Waals surface area contributed by atoms with E-state index in [0.29, 0.717) is 5.41 Å². The lowest BCUT2D eigenvalue weighted by Crippen LogP contribution is -2.43. The van der Waals surface area contributed by atoms with Gasteiger partial charge in [0.15, 0.2) is 0 Å². The van der Waals surface area contributed by atoms with Crippen LogP contribution in [0.4, 0.5) is 0 Å². The highest BCUT2D eigenvalue weighted by Gasteiger charge is 2.21. The molecule has 0 radical (unpaired) electrons. The molecule has 1 atom stereocenters. The minimum Gasteiger partial charge on any atom is -0.545 e. The number of hydrogen-bond donors (Lipinski definition) is 0. The van der Waals surface area contributed by atoms with E-state index >= 15 is 0 Å². The Bertz CT molecular complexity index is 898. The standard InChI is InChI=1S/C32H50O2Si2/c1-27(17-15-19-28(2)25-32(3,4)5)18-16-20-29(34-36(6,7)8)26-33-35(30-21-11-9-12-22-30)31-23-13-10-14-24-31/h9-14,18,21-24,26,28,35H,15-17,19-20,25H2,1-8H3. The molecule has 0 fully saturated rings. The number of benzene rings is 2. The van der Waals surface area contributed by atoms with Crippen molar-refractivity contribution in [2.45, 2.75) is 92.8 Å².